The first kappa shape index (κ1) is 13.1. The molecule has 0 bridgehead atoms. The third kappa shape index (κ3) is 2.19. The van der Waals surface area contributed by atoms with E-state index in [-0.39, 0.29) is 23.9 Å². The minimum Gasteiger partial charge on any atom is -0.511 e. The summed E-state index contributed by atoms with van der Waals surface area (Å²) in [4.78, 5) is 12.5. The standard InChI is InChI=1S/C15H16O5/c16-9-3-1-8(2-4-9)11-7-20-13-6-10(17)5-12(18)14(13)15(11)19/h1-3,5-6,9,11,13-14,16-18H,4,7H2. The number of allylic oxidation sites excluding steroid dienone is 2. The number of carbonyl (C=O) groups excluding carboxylic acids is 1. The maximum atomic E-state index is 12.5. The van der Waals surface area contributed by atoms with E-state index in [1.165, 1.54) is 12.2 Å². The van der Waals surface area contributed by atoms with E-state index >= 15 is 0 Å². The van der Waals surface area contributed by atoms with Crippen molar-refractivity contribution in [1.82, 2.24) is 0 Å². The summed E-state index contributed by atoms with van der Waals surface area (Å²) >= 11 is 0. The third-order valence-electron chi connectivity index (χ3n) is 3.89. The number of aliphatic hydroxyl groups is 3. The summed E-state index contributed by atoms with van der Waals surface area (Å²) in [6.45, 7) is 0.212. The Morgan fingerprint density at radius 1 is 1.30 bits per heavy atom. The Morgan fingerprint density at radius 3 is 2.80 bits per heavy atom. The molecule has 1 heterocycles. The van der Waals surface area contributed by atoms with E-state index in [9.17, 15) is 20.1 Å². The fourth-order valence-electron chi connectivity index (χ4n) is 2.82. The van der Waals surface area contributed by atoms with Gasteiger partial charge in [-0.25, -0.2) is 0 Å². The Hall–Kier alpha value is -1.85. The van der Waals surface area contributed by atoms with Crippen LogP contribution < -0.4 is 0 Å². The molecule has 106 valence electrons. The lowest BCUT2D eigenvalue weighted by atomic mass is 9.78. The van der Waals surface area contributed by atoms with Gasteiger partial charge in [-0.2, -0.15) is 0 Å². The summed E-state index contributed by atoms with van der Waals surface area (Å²) in [5, 5.41) is 28.7. The molecular formula is C15H16O5. The average Bonchev–Trinajstić information content (AvgIpc) is 2.39. The third-order valence-corrected chi connectivity index (χ3v) is 3.89. The summed E-state index contributed by atoms with van der Waals surface area (Å²) < 4.78 is 5.59. The molecule has 0 spiro atoms. The molecule has 4 atom stereocenters. The molecule has 0 radical (unpaired) electrons. The van der Waals surface area contributed by atoms with Gasteiger partial charge in [0.05, 0.1) is 24.7 Å². The molecule has 1 aliphatic heterocycles. The van der Waals surface area contributed by atoms with Crippen molar-refractivity contribution in [3.05, 3.63) is 47.5 Å². The SMILES string of the molecule is O=C1C(C2=CCC(O)C=C2)COC2C=C(O)C=C(O)C12. The Kier molecular flexibility index (Phi) is 3.23. The van der Waals surface area contributed by atoms with Crippen LogP contribution in [0.2, 0.25) is 0 Å². The molecule has 20 heavy (non-hydrogen) atoms. The second-order valence-corrected chi connectivity index (χ2v) is 5.26. The normalized spacial score (nSPS) is 36.9. The largest absolute Gasteiger partial charge is 0.511 e. The van der Waals surface area contributed by atoms with Gasteiger partial charge in [-0.15, -0.1) is 0 Å². The summed E-state index contributed by atoms with van der Waals surface area (Å²) in [6.07, 6.45) is 7.19. The van der Waals surface area contributed by atoms with Crippen molar-refractivity contribution < 1.29 is 24.9 Å². The maximum Gasteiger partial charge on any atom is 0.156 e. The van der Waals surface area contributed by atoms with Gasteiger partial charge in [0.2, 0.25) is 0 Å². The second-order valence-electron chi connectivity index (χ2n) is 5.26. The number of Topliss-reactive ketones (excluding diaryl/α,β-unsaturated/α-hetero) is 1. The van der Waals surface area contributed by atoms with Crippen molar-refractivity contribution >= 4 is 5.78 Å². The van der Waals surface area contributed by atoms with E-state index in [1.54, 1.807) is 12.2 Å². The monoisotopic (exact) mass is 276 g/mol. The predicted molar refractivity (Wildman–Crippen MR) is 71.0 cm³/mol. The number of aliphatic hydroxyl groups excluding tert-OH is 3. The molecule has 5 nitrogen and oxygen atoms in total. The molecule has 1 fully saturated rings. The van der Waals surface area contributed by atoms with Crippen molar-refractivity contribution in [3.8, 4) is 0 Å². The quantitative estimate of drug-likeness (QED) is 0.672. The van der Waals surface area contributed by atoms with E-state index in [2.05, 4.69) is 0 Å². The Bertz CT molecular complexity index is 555. The van der Waals surface area contributed by atoms with Gasteiger partial charge in [-0.05, 0) is 18.1 Å². The van der Waals surface area contributed by atoms with Crippen molar-refractivity contribution in [3.63, 3.8) is 0 Å². The van der Waals surface area contributed by atoms with Gasteiger partial charge in [0.15, 0.2) is 5.78 Å². The number of ketones is 1. The summed E-state index contributed by atoms with van der Waals surface area (Å²) in [5.41, 5.74) is 0.810. The number of ether oxygens (including phenoxy) is 1. The van der Waals surface area contributed by atoms with Crippen molar-refractivity contribution in [2.24, 2.45) is 11.8 Å². The van der Waals surface area contributed by atoms with E-state index in [0.29, 0.717) is 6.42 Å². The van der Waals surface area contributed by atoms with Crippen LogP contribution in [-0.4, -0.2) is 39.9 Å². The van der Waals surface area contributed by atoms with Crippen molar-refractivity contribution in [2.75, 3.05) is 6.61 Å². The van der Waals surface area contributed by atoms with Gasteiger partial charge in [-0.1, -0.05) is 18.2 Å². The first-order chi connectivity index (χ1) is 9.56. The molecular weight excluding hydrogens is 260 g/mol. The smallest absolute Gasteiger partial charge is 0.156 e. The van der Waals surface area contributed by atoms with E-state index in [1.807, 2.05) is 6.08 Å². The highest BCUT2D eigenvalue weighted by Gasteiger charge is 2.43. The predicted octanol–water partition coefficient (Wildman–Crippen LogP) is 1.33. The first-order valence-electron chi connectivity index (χ1n) is 6.59. The van der Waals surface area contributed by atoms with Gasteiger partial charge < -0.3 is 20.1 Å². The average molecular weight is 276 g/mol. The molecule has 0 saturated carbocycles. The molecule has 0 amide bonds. The highest BCUT2D eigenvalue weighted by Crippen LogP contribution is 2.35. The molecule has 2 aliphatic carbocycles. The Balaban J connectivity index is 1.84. The molecule has 0 aromatic carbocycles. The lowest BCUT2D eigenvalue weighted by molar-refractivity contribution is -0.139. The molecule has 0 aromatic heterocycles. The van der Waals surface area contributed by atoms with E-state index in [0.717, 1.165) is 5.57 Å². The fraction of sp³-hybridized carbons (Fsp3) is 0.400. The van der Waals surface area contributed by atoms with Crippen LogP contribution in [0, 0.1) is 11.8 Å². The van der Waals surface area contributed by atoms with Crippen LogP contribution in [-0.2, 0) is 9.53 Å². The van der Waals surface area contributed by atoms with Crippen LogP contribution in [0.15, 0.2) is 47.5 Å². The van der Waals surface area contributed by atoms with Crippen LogP contribution in [0.25, 0.3) is 0 Å². The zero-order valence-electron chi connectivity index (χ0n) is 10.8. The van der Waals surface area contributed by atoms with Crippen LogP contribution in [0.4, 0.5) is 0 Å². The van der Waals surface area contributed by atoms with Crippen LogP contribution in [0.3, 0.4) is 0 Å². The zero-order chi connectivity index (χ0) is 14.3. The number of hydrogen-bond acceptors (Lipinski definition) is 5. The number of hydrogen-bond donors (Lipinski definition) is 3. The zero-order valence-corrected chi connectivity index (χ0v) is 10.8. The van der Waals surface area contributed by atoms with E-state index < -0.39 is 24.0 Å². The molecule has 3 N–H and O–H groups in total. The summed E-state index contributed by atoms with van der Waals surface area (Å²) in [6, 6.07) is 0. The molecule has 1 saturated heterocycles. The lowest BCUT2D eigenvalue weighted by Crippen LogP contribution is -2.44. The topological polar surface area (TPSA) is 87.0 Å². The molecule has 3 aliphatic rings. The van der Waals surface area contributed by atoms with Crippen molar-refractivity contribution in [1.29, 1.82) is 0 Å². The molecule has 5 heteroatoms. The Morgan fingerprint density at radius 2 is 2.10 bits per heavy atom. The van der Waals surface area contributed by atoms with Gasteiger partial charge in [0.25, 0.3) is 0 Å². The van der Waals surface area contributed by atoms with Gasteiger partial charge in [0, 0.05) is 6.08 Å². The second kappa shape index (κ2) is 4.92. The fourth-order valence-corrected chi connectivity index (χ4v) is 2.82. The van der Waals surface area contributed by atoms with Crippen LogP contribution in [0.5, 0.6) is 0 Å². The number of carbonyl (C=O) groups is 1. The minimum absolute atomic E-state index is 0.0881. The number of rotatable bonds is 1. The van der Waals surface area contributed by atoms with Gasteiger partial charge >= 0.3 is 0 Å². The van der Waals surface area contributed by atoms with Crippen molar-refractivity contribution in [2.45, 2.75) is 18.6 Å². The highest BCUT2D eigenvalue weighted by molar-refractivity contribution is 5.90. The summed E-state index contributed by atoms with van der Waals surface area (Å²) in [7, 11) is 0. The minimum atomic E-state index is -0.759. The molecule has 3 rings (SSSR count). The summed E-state index contributed by atoms with van der Waals surface area (Å²) in [5.74, 6) is -1.57. The van der Waals surface area contributed by atoms with E-state index in [4.69, 9.17) is 4.74 Å². The van der Waals surface area contributed by atoms with Crippen LogP contribution >= 0.6 is 0 Å². The molecule has 4 unspecified atom stereocenters. The highest BCUT2D eigenvalue weighted by atomic mass is 16.5. The van der Waals surface area contributed by atoms with Gasteiger partial charge in [0.1, 0.15) is 17.4 Å². The van der Waals surface area contributed by atoms with Crippen LogP contribution in [0.1, 0.15) is 6.42 Å². The maximum absolute atomic E-state index is 12.5. The molecule has 0 aromatic rings. The van der Waals surface area contributed by atoms with Gasteiger partial charge in [-0.3, -0.25) is 4.79 Å². The number of fused-ring (bicyclic) bond motifs is 1. The lowest BCUT2D eigenvalue weighted by Gasteiger charge is -2.35. The first-order valence-corrected chi connectivity index (χ1v) is 6.59. The Labute approximate surface area is 116 Å².